The number of hydrogen-bond acceptors (Lipinski definition) is 4. The minimum absolute atomic E-state index is 0.153. The fraction of sp³-hybridized carbons (Fsp3) is 0.235. The lowest BCUT2D eigenvalue weighted by Gasteiger charge is -2.25. The van der Waals surface area contributed by atoms with Crippen LogP contribution in [0.15, 0.2) is 40.8 Å². The Bertz CT molecular complexity index is 732. The quantitative estimate of drug-likeness (QED) is 0.797. The number of aldehydes is 1. The molecule has 2 rings (SSSR count). The molecule has 0 bridgehead atoms. The standard InChI is InChI=1S/C17H17NO5/c1-11(20)18-17(2,16(21)22)9-12-3-5-13(6-4-12)15-8-7-14(10-19)23-15/h3-8,10H,9H2,1-2H3,(H,18,20)(H,21,22). The van der Waals surface area contributed by atoms with E-state index in [2.05, 4.69) is 5.32 Å². The first-order chi connectivity index (χ1) is 10.8. The smallest absolute Gasteiger partial charge is 0.329 e. The number of benzene rings is 1. The highest BCUT2D eigenvalue weighted by Crippen LogP contribution is 2.23. The van der Waals surface area contributed by atoms with Crippen molar-refractivity contribution in [3.05, 3.63) is 47.7 Å². The van der Waals surface area contributed by atoms with Crippen LogP contribution in [0, 0.1) is 0 Å². The Morgan fingerprint density at radius 1 is 1.22 bits per heavy atom. The molecule has 0 spiro atoms. The van der Waals surface area contributed by atoms with Gasteiger partial charge in [-0.3, -0.25) is 9.59 Å². The van der Waals surface area contributed by atoms with Crippen LogP contribution in [0.5, 0.6) is 0 Å². The highest BCUT2D eigenvalue weighted by Gasteiger charge is 2.34. The van der Waals surface area contributed by atoms with E-state index in [0.29, 0.717) is 12.0 Å². The van der Waals surface area contributed by atoms with E-state index in [-0.39, 0.29) is 12.2 Å². The van der Waals surface area contributed by atoms with Crippen molar-refractivity contribution in [1.29, 1.82) is 0 Å². The summed E-state index contributed by atoms with van der Waals surface area (Å²) in [6, 6.07) is 10.4. The Labute approximate surface area is 133 Å². The molecule has 0 aliphatic rings. The number of furan rings is 1. The second-order valence-electron chi connectivity index (χ2n) is 5.51. The topological polar surface area (TPSA) is 96.6 Å². The number of carbonyl (C=O) groups excluding carboxylic acids is 2. The Balaban J connectivity index is 2.20. The molecule has 120 valence electrons. The van der Waals surface area contributed by atoms with Crippen LogP contribution in [0.4, 0.5) is 0 Å². The van der Waals surface area contributed by atoms with Crippen molar-refractivity contribution >= 4 is 18.2 Å². The maximum atomic E-state index is 11.4. The summed E-state index contributed by atoms with van der Waals surface area (Å²) in [6.45, 7) is 2.75. The van der Waals surface area contributed by atoms with Crippen LogP contribution >= 0.6 is 0 Å². The third-order valence-corrected chi connectivity index (χ3v) is 3.46. The summed E-state index contributed by atoms with van der Waals surface area (Å²) in [6.07, 6.45) is 0.781. The van der Waals surface area contributed by atoms with Crippen LogP contribution in [0.2, 0.25) is 0 Å². The molecule has 0 saturated heterocycles. The Hall–Kier alpha value is -2.89. The van der Waals surface area contributed by atoms with Crippen LogP contribution in [0.3, 0.4) is 0 Å². The van der Waals surface area contributed by atoms with Crippen LogP contribution in [0.25, 0.3) is 11.3 Å². The summed E-state index contributed by atoms with van der Waals surface area (Å²) in [5, 5.41) is 11.8. The Morgan fingerprint density at radius 3 is 2.35 bits per heavy atom. The predicted octanol–water partition coefficient (Wildman–Crippen LogP) is 2.28. The SMILES string of the molecule is CC(=O)NC(C)(Cc1ccc(-c2ccc(C=O)o2)cc1)C(=O)O. The van der Waals surface area contributed by atoms with Gasteiger partial charge in [0.05, 0.1) is 0 Å². The summed E-state index contributed by atoms with van der Waals surface area (Å²) >= 11 is 0. The molecule has 2 N–H and O–H groups in total. The van der Waals surface area contributed by atoms with Crippen molar-refractivity contribution in [1.82, 2.24) is 5.32 Å². The zero-order valence-electron chi connectivity index (χ0n) is 12.8. The molecule has 0 aliphatic carbocycles. The lowest BCUT2D eigenvalue weighted by atomic mass is 9.92. The fourth-order valence-corrected chi connectivity index (χ4v) is 2.33. The molecule has 2 aromatic rings. The number of carbonyl (C=O) groups is 3. The van der Waals surface area contributed by atoms with Crippen molar-refractivity contribution in [2.75, 3.05) is 0 Å². The number of carboxylic acid groups (broad SMARTS) is 1. The summed E-state index contributed by atoms with van der Waals surface area (Å²) in [7, 11) is 0. The van der Waals surface area contributed by atoms with Gasteiger partial charge in [0, 0.05) is 18.9 Å². The maximum absolute atomic E-state index is 11.4. The molecule has 1 aromatic heterocycles. The largest absolute Gasteiger partial charge is 0.480 e. The van der Waals surface area contributed by atoms with Crippen molar-refractivity contribution < 1.29 is 23.9 Å². The molecular weight excluding hydrogens is 298 g/mol. The number of nitrogens with one attached hydrogen (secondary N) is 1. The molecule has 0 radical (unpaired) electrons. The van der Waals surface area contributed by atoms with Crippen molar-refractivity contribution in [2.24, 2.45) is 0 Å². The molecular formula is C17H17NO5. The van der Waals surface area contributed by atoms with E-state index in [4.69, 9.17) is 4.42 Å². The molecule has 0 aliphatic heterocycles. The second-order valence-corrected chi connectivity index (χ2v) is 5.51. The minimum atomic E-state index is -1.37. The van der Waals surface area contributed by atoms with E-state index < -0.39 is 17.4 Å². The van der Waals surface area contributed by atoms with Crippen LogP contribution < -0.4 is 5.32 Å². The molecule has 0 saturated carbocycles. The number of rotatable bonds is 6. The van der Waals surface area contributed by atoms with Gasteiger partial charge in [-0.2, -0.15) is 0 Å². The molecule has 1 atom stereocenters. The molecule has 23 heavy (non-hydrogen) atoms. The average Bonchev–Trinajstić information content (AvgIpc) is 2.96. The number of hydrogen-bond donors (Lipinski definition) is 2. The van der Waals surface area contributed by atoms with Crippen molar-refractivity contribution in [2.45, 2.75) is 25.8 Å². The number of aliphatic carboxylic acids is 1. The number of carboxylic acids is 1. The van der Waals surface area contributed by atoms with Gasteiger partial charge >= 0.3 is 5.97 Å². The lowest BCUT2D eigenvalue weighted by Crippen LogP contribution is -2.53. The van der Waals surface area contributed by atoms with Gasteiger partial charge in [-0.1, -0.05) is 24.3 Å². The van der Waals surface area contributed by atoms with Gasteiger partial charge in [-0.25, -0.2) is 4.79 Å². The van der Waals surface area contributed by atoms with Gasteiger partial charge < -0.3 is 14.8 Å². The third-order valence-electron chi connectivity index (χ3n) is 3.46. The van der Waals surface area contributed by atoms with Crippen LogP contribution in [-0.4, -0.2) is 28.8 Å². The average molecular weight is 315 g/mol. The van der Waals surface area contributed by atoms with E-state index in [1.165, 1.54) is 13.8 Å². The molecule has 6 nitrogen and oxygen atoms in total. The highest BCUT2D eigenvalue weighted by atomic mass is 16.4. The van der Waals surface area contributed by atoms with Gasteiger partial charge in [0.25, 0.3) is 0 Å². The first-order valence-corrected chi connectivity index (χ1v) is 7.00. The summed E-state index contributed by atoms with van der Waals surface area (Å²) in [4.78, 5) is 33.3. The molecule has 1 aromatic carbocycles. The van der Waals surface area contributed by atoms with E-state index in [0.717, 1.165) is 11.1 Å². The van der Waals surface area contributed by atoms with Gasteiger partial charge in [-0.15, -0.1) is 0 Å². The molecule has 1 heterocycles. The monoisotopic (exact) mass is 315 g/mol. The van der Waals surface area contributed by atoms with Crippen molar-refractivity contribution in [3.8, 4) is 11.3 Å². The zero-order valence-corrected chi connectivity index (χ0v) is 12.8. The summed E-state index contributed by atoms with van der Waals surface area (Å²) < 4.78 is 5.33. The third kappa shape index (κ3) is 3.85. The first kappa shape index (κ1) is 16.5. The minimum Gasteiger partial charge on any atom is -0.480 e. The van der Waals surface area contributed by atoms with Crippen LogP contribution in [-0.2, 0) is 16.0 Å². The first-order valence-electron chi connectivity index (χ1n) is 7.00. The summed E-state index contributed by atoms with van der Waals surface area (Å²) in [5.74, 6) is -0.698. The van der Waals surface area contributed by atoms with Crippen LogP contribution in [0.1, 0.15) is 30.0 Å². The van der Waals surface area contributed by atoms with Crippen molar-refractivity contribution in [3.63, 3.8) is 0 Å². The zero-order chi connectivity index (χ0) is 17.0. The lowest BCUT2D eigenvalue weighted by molar-refractivity contribution is -0.146. The summed E-state index contributed by atoms with van der Waals surface area (Å²) in [5.41, 5.74) is 0.163. The Kier molecular flexibility index (Phi) is 4.64. The molecule has 1 amide bonds. The highest BCUT2D eigenvalue weighted by molar-refractivity contribution is 5.86. The van der Waals surface area contributed by atoms with Gasteiger partial charge in [0.2, 0.25) is 5.91 Å². The molecule has 6 heteroatoms. The van der Waals surface area contributed by atoms with Gasteiger partial charge in [0.15, 0.2) is 12.0 Å². The Morgan fingerprint density at radius 2 is 1.87 bits per heavy atom. The van der Waals surface area contributed by atoms with E-state index >= 15 is 0 Å². The van der Waals surface area contributed by atoms with Gasteiger partial charge in [-0.05, 0) is 24.6 Å². The molecule has 1 unspecified atom stereocenters. The number of amides is 1. The predicted molar refractivity (Wildman–Crippen MR) is 83.1 cm³/mol. The van der Waals surface area contributed by atoms with E-state index in [1.54, 1.807) is 36.4 Å². The maximum Gasteiger partial charge on any atom is 0.329 e. The van der Waals surface area contributed by atoms with Gasteiger partial charge in [0.1, 0.15) is 11.3 Å². The second kappa shape index (κ2) is 6.48. The fourth-order valence-electron chi connectivity index (χ4n) is 2.33. The van der Waals surface area contributed by atoms with E-state index in [1.807, 2.05) is 0 Å². The normalized spacial score (nSPS) is 13.1. The molecule has 0 fully saturated rings. The van der Waals surface area contributed by atoms with E-state index in [9.17, 15) is 19.5 Å².